The van der Waals surface area contributed by atoms with E-state index in [1.165, 1.54) is 109 Å². The highest BCUT2D eigenvalue weighted by Gasteiger charge is 2.25. The van der Waals surface area contributed by atoms with Crippen molar-refractivity contribution in [3.63, 3.8) is 0 Å². The van der Waals surface area contributed by atoms with Gasteiger partial charge in [-0.3, -0.25) is 0 Å². The van der Waals surface area contributed by atoms with Gasteiger partial charge in [-0.2, -0.15) is 0 Å². The van der Waals surface area contributed by atoms with E-state index in [9.17, 15) is 0 Å². The van der Waals surface area contributed by atoms with E-state index in [0.29, 0.717) is 11.6 Å². The fourth-order valence-corrected chi connectivity index (χ4v) is 18.1. The summed E-state index contributed by atoms with van der Waals surface area (Å²) in [6.07, 6.45) is 0. The molecular weight excluding hydrogens is 1410 g/mol. The van der Waals surface area contributed by atoms with Gasteiger partial charge in [-0.25, -0.2) is 19.9 Å². The molecule has 0 radical (unpaired) electrons. The first-order valence-corrected chi connectivity index (χ1v) is 39.5. The number of nitrogens with zero attached hydrogens (tertiary/aromatic N) is 8. The van der Waals surface area contributed by atoms with Crippen molar-refractivity contribution in [2.75, 3.05) is 0 Å². The molecule has 0 saturated carbocycles. The van der Waals surface area contributed by atoms with Crippen LogP contribution in [-0.2, 0) is 0 Å². The van der Waals surface area contributed by atoms with Gasteiger partial charge >= 0.3 is 0 Å². The molecule has 8 heteroatoms. The summed E-state index contributed by atoms with van der Waals surface area (Å²) < 4.78 is 9.80. The van der Waals surface area contributed by atoms with E-state index >= 15 is 0 Å². The molecule has 18 aromatic carbocycles. The molecular formula is C108H68N8. The third-order valence-electron chi connectivity index (χ3n) is 23.4. The molecule has 0 unspecified atom stereocenters. The lowest BCUT2D eigenvalue weighted by molar-refractivity contribution is 1.18. The minimum Gasteiger partial charge on any atom is -0.309 e. The number of aromatic nitrogens is 8. The second-order valence-corrected chi connectivity index (χ2v) is 30.0. The lowest BCUT2D eigenvalue weighted by atomic mass is 9.99. The van der Waals surface area contributed by atoms with Crippen LogP contribution in [0.3, 0.4) is 0 Å². The van der Waals surface area contributed by atoms with Crippen LogP contribution in [0.1, 0.15) is 0 Å². The lowest BCUT2D eigenvalue weighted by Gasteiger charge is -2.13. The van der Waals surface area contributed by atoms with E-state index in [-0.39, 0.29) is 0 Å². The lowest BCUT2D eigenvalue weighted by Crippen LogP contribution is -1.97. The van der Waals surface area contributed by atoms with Gasteiger partial charge in [-0.1, -0.05) is 315 Å². The van der Waals surface area contributed by atoms with Crippen molar-refractivity contribution in [2.45, 2.75) is 0 Å². The Morgan fingerprint density at radius 1 is 0.164 bits per heavy atom. The summed E-state index contributed by atoms with van der Waals surface area (Å²) in [5, 5.41) is 19.4. The molecule has 0 fully saturated rings. The Hall–Kier alpha value is -15.6. The normalized spacial score (nSPS) is 11.8. The van der Waals surface area contributed by atoms with Crippen LogP contribution in [0.5, 0.6) is 0 Å². The Labute approximate surface area is 667 Å². The maximum atomic E-state index is 5.18. The Morgan fingerprint density at radius 3 is 0.948 bits per heavy atom. The van der Waals surface area contributed by atoms with Crippen molar-refractivity contribution >= 4 is 130 Å². The van der Waals surface area contributed by atoms with Crippen LogP contribution in [0.15, 0.2) is 413 Å². The van der Waals surface area contributed by atoms with Gasteiger partial charge < -0.3 is 18.3 Å². The largest absolute Gasteiger partial charge is 0.309 e. The third kappa shape index (κ3) is 10.9. The highest BCUT2D eigenvalue weighted by atomic mass is 15.0. The molecule has 24 aromatic rings. The summed E-state index contributed by atoms with van der Waals surface area (Å²) in [5.41, 5.74) is 23.9. The minimum atomic E-state index is 0.708. The summed E-state index contributed by atoms with van der Waals surface area (Å²) in [6, 6.07) is 148. The van der Waals surface area contributed by atoms with Gasteiger partial charge in [-0.05, 0) is 140 Å². The first kappa shape index (κ1) is 66.2. The zero-order chi connectivity index (χ0) is 76.3. The summed E-state index contributed by atoms with van der Waals surface area (Å²) in [5.74, 6) is 1.42. The molecule has 116 heavy (non-hydrogen) atoms. The second kappa shape index (κ2) is 27.1. The van der Waals surface area contributed by atoms with Gasteiger partial charge in [0.15, 0.2) is 11.6 Å². The summed E-state index contributed by atoms with van der Waals surface area (Å²) in [4.78, 5) is 20.6. The summed E-state index contributed by atoms with van der Waals surface area (Å²) >= 11 is 0. The molecule has 0 aliphatic rings. The molecule has 0 amide bonds. The molecule has 0 bridgehead atoms. The van der Waals surface area contributed by atoms with Crippen LogP contribution in [0.2, 0.25) is 0 Å². The molecule has 0 saturated heterocycles. The zero-order valence-corrected chi connectivity index (χ0v) is 62.8. The standard InChI is InChI=1S/2C54H34N4/c1-3-15-36(16-4-1)47-34-48(56-54(55-47)37-17-5-2-6-18-37)43-23-13-20-39-33-40(28-29-42(39)43)57-50-25-12-10-22-46(50)52-51(57)31-30-45-44-21-9-11-24-49(44)58(53(45)52)41-27-26-35-14-7-8-19-38(35)32-41;1-3-15-36(16-4-1)47-34-48(37-17-5-2-6-18-37)56-54(55-47)45-23-13-20-39-33-40(28-29-42(39)45)57-50-25-12-10-22-46(50)52-51(57)31-30-44-43-21-9-11-24-49(43)58(53(44)52)41-27-26-35-14-7-8-19-38(35)32-41/h2*1-34H. The van der Waals surface area contributed by atoms with Crippen molar-refractivity contribution in [3.8, 4) is 90.6 Å². The second-order valence-electron chi connectivity index (χ2n) is 30.0. The van der Waals surface area contributed by atoms with Gasteiger partial charge in [-0.15, -0.1) is 0 Å². The number of rotatable bonds is 10. The highest BCUT2D eigenvalue weighted by molar-refractivity contribution is 6.28. The van der Waals surface area contributed by atoms with Crippen LogP contribution in [0, 0.1) is 0 Å². The first-order chi connectivity index (χ1) is 57.5. The molecule has 24 rings (SSSR count). The van der Waals surface area contributed by atoms with E-state index in [1.54, 1.807) is 0 Å². The Bertz CT molecular complexity index is 7480. The molecule has 0 N–H and O–H groups in total. The maximum Gasteiger partial charge on any atom is 0.161 e. The van der Waals surface area contributed by atoms with Crippen molar-refractivity contribution < 1.29 is 0 Å². The van der Waals surface area contributed by atoms with Crippen molar-refractivity contribution in [1.82, 2.24) is 38.2 Å². The molecule has 6 heterocycles. The van der Waals surface area contributed by atoms with Crippen LogP contribution in [0.25, 0.3) is 221 Å². The predicted molar refractivity (Wildman–Crippen MR) is 484 cm³/mol. The average Bonchev–Trinajstić information content (AvgIpc) is 1.55. The monoisotopic (exact) mass is 1480 g/mol. The fraction of sp³-hybridized carbons (Fsp3) is 0. The van der Waals surface area contributed by atoms with Crippen LogP contribution >= 0.6 is 0 Å². The van der Waals surface area contributed by atoms with Crippen molar-refractivity contribution in [3.05, 3.63) is 413 Å². The summed E-state index contributed by atoms with van der Waals surface area (Å²) in [7, 11) is 0. The topological polar surface area (TPSA) is 71.3 Å². The number of para-hydroxylation sites is 4. The Balaban J connectivity index is 0.000000137. The zero-order valence-electron chi connectivity index (χ0n) is 62.8. The first-order valence-electron chi connectivity index (χ1n) is 39.5. The average molecular weight is 1480 g/mol. The Kier molecular flexibility index (Phi) is 15.5. The minimum absolute atomic E-state index is 0.708. The molecule has 540 valence electrons. The maximum absolute atomic E-state index is 5.18. The quantitative estimate of drug-likeness (QED) is 0.137. The third-order valence-corrected chi connectivity index (χ3v) is 23.4. The van der Waals surface area contributed by atoms with Crippen LogP contribution in [-0.4, -0.2) is 38.2 Å². The van der Waals surface area contributed by atoms with E-state index in [0.717, 1.165) is 100 Å². The van der Waals surface area contributed by atoms with Crippen molar-refractivity contribution in [1.29, 1.82) is 0 Å². The van der Waals surface area contributed by atoms with Gasteiger partial charge in [0.1, 0.15) is 0 Å². The SMILES string of the molecule is c1ccc(-c2cc(-c3cccc4cc(-n5c6ccccc6c6c5ccc5c7ccccc7n(-c7ccc8ccccc8c7)c56)ccc34)nc(-c3ccccc3)n2)cc1.c1ccc(-c2cc(-c3ccccc3)nc(-c3cccc4cc(-n5c6ccccc6c6c5ccc5c7ccccc7n(-c7ccc8ccccc8c7)c56)ccc34)n2)cc1. The number of hydrogen-bond acceptors (Lipinski definition) is 4. The van der Waals surface area contributed by atoms with Gasteiger partial charge in [0.25, 0.3) is 0 Å². The number of fused-ring (bicyclic) bond motifs is 18. The van der Waals surface area contributed by atoms with E-state index < -0.39 is 0 Å². The molecule has 0 aliphatic carbocycles. The molecule has 6 aromatic heterocycles. The van der Waals surface area contributed by atoms with Gasteiger partial charge in [0.05, 0.1) is 66.9 Å². The van der Waals surface area contributed by atoms with Crippen molar-refractivity contribution in [2.24, 2.45) is 0 Å². The van der Waals surface area contributed by atoms with E-state index in [4.69, 9.17) is 19.9 Å². The number of hydrogen-bond donors (Lipinski definition) is 0. The van der Waals surface area contributed by atoms with Crippen LogP contribution in [0.4, 0.5) is 0 Å². The molecule has 0 spiro atoms. The van der Waals surface area contributed by atoms with Gasteiger partial charge in [0, 0.05) is 99.2 Å². The molecule has 0 aliphatic heterocycles. The molecule has 8 nitrogen and oxygen atoms in total. The predicted octanol–water partition coefficient (Wildman–Crippen LogP) is 28.0. The number of benzene rings is 18. The van der Waals surface area contributed by atoms with E-state index in [2.05, 4.69) is 394 Å². The van der Waals surface area contributed by atoms with Gasteiger partial charge in [0.2, 0.25) is 0 Å². The van der Waals surface area contributed by atoms with E-state index in [1.807, 2.05) is 36.4 Å². The summed E-state index contributed by atoms with van der Waals surface area (Å²) in [6.45, 7) is 0. The Morgan fingerprint density at radius 2 is 0.483 bits per heavy atom. The fourth-order valence-electron chi connectivity index (χ4n) is 18.1. The smallest absolute Gasteiger partial charge is 0.161 e. The molecule has 0 atom stereocenters. The highest BCUT2D eigenvalue weighted by Crippen LogP contribution is 2.47. The van der Waals surface area contributed by atoms with Crippen LogP contribution < -0.4 is 0 Å².